The van der Waals surface area contributed by atoms with Crippen molar-refractivity contribution >= 4 is 11.6 Å². The third kappa shape index (κ3) is 3.20. The molecule has 2 aliphatic heterocycles. The Morgan fingerprint density at radius 3 is 2.60 bits per heavy atom. The lowest BCUT2D eigenvalue weighted by atomic mass is 9.98. The summed E-state index contributed by atoms with van der Waals surface area (Å²) in [6, 6.07) is 16.9. The number of aryl methyl sites for hydroxylation is 2. The summed E-state index contributed by atoms with van der Waals surface area (Å²) in [7, 11) is 0. The van der Waals surface area contributed by atoms with Gasteiger partial charge in [-0.15, -0.1) is 0 Å². The number of rotatable bonds is 3. The summed E-state index contributed by atoms with van der Waals surface area (Å²) < 4.78 is 0. The average molecular weight is 335 g/mol. The second-order valence-electron chi connectivity index (χ2n) is 6.97. The molecule has 0 saturated carbocycles. The molecule has 2 aromatic carbocycles. The van der Waals surface area contributed by atoms with Gasteiger partial charge in [0, 0.05) is 38.3 Å². The van der Waals surface area contributed by atoms with E-state index in [9.17, 15) is 4.79 Å². The fraction of sp³-hybridized carbons (Fsp3) is 0.381. The van der Waals surface area contributed by atoms with Crippen LogP contribution < -0.4 is 10.2 Å². The summed E-state index contributed by atoms with van der Waals surface area (Å²) in [5.74, 6) is 0.226. The number of nitrogens with one attached hydrogen (secondary N) is 1. The first kappa shape index (κ1) is 16.3. The van der Waals surface area contributed by atoms with Crippen LogP contribution in [-0.4, -0.2) is 37.0 Å². The molecule has 1 N–H and O–H groups in total. The van der Waals surface area contributed by atoms with E-state index in [1.807, 2.05) is 11.0 Å². The predicted molar refractivity (Wildman–Crippen MR) is 101 cm³/mol. The number of carbonyl (C=O) groups is 1. The maximum atomic E-state index is 13.0. The second-order valence-corrected chi connectivity index (χ2v) is 6.97. The topological polar surface area (TPSA) is 35.6 Å². The molecule has 2 heterocycles. The number of hydrogen-bond acceptors (Lipinski definition) is 3. The van der Waals surface area contributed by atoms with E-state index in [-0.39, 0.29) is 12.1 Å². The first-order valence-electron chi connectivity index (χ1n) is 9.15. The Bertz CT molecular complexity index is 767. The number of piperazine rings is 1. The van der Waals surface area contributed by atoms with E-state index in [1.54, 1.807) is 0 Å². The van der Waals surface area contributed by atoms with Crippen LogP contribution in [0.4, 0.5) is 5.69 Å². The van der Waals surface area contributed by atoms with E-state index in [0.717, 1.165) is 38.3 Å². The maximum Gasteiger partial charge on any atom is 0.228 e. The highest BCUT2D eigenvalue weighted by Crippen LogP contribution is 2.37. The normalized spacial score (nSPS) is 19.6. The molecular weight excluding hydrogens is 310 g/mol. The molecule has 4 heteroatoms. The molecule has 0 spiro atoms. The highest BCUT2D eigenvalue weighted by molar-refractivity contribution is 5.97. The van der Waals surface area contributed by atoms with E-state index < -0.39 is 0 Å². The van der Waals surface area contributed by atoms with Crippen molar-refractivity contribution in [3.05, 3.63) is 65.2 Å². The van der Waals surface area contributed by atoms with Gasteiger partial charge in [0.25, 0.3) is 0 Å². The minimum atomic E-state index is -0.0315. The number of anilines is 1. The van der Waals surface area contributed by atoms with Crippen molar-refractivity contribution in [3.8, 4) is 0 Å². The molecule has 0 radical (unpaired) electrons. The fourth-order valence-corrected chi connectivity index (χ4v) is 4.00. The van der Waals surface area contributed by atoms with Gasteiger partial charge >= 0.3 is 0 Å². The fourth-order valence-electron chi connectivity index (χ4n) is 4.00. The number of nitrogens with zero attached hydrogens (tertiary/aromatic N) is 2. The Labute approximate surface area is 149 Å². The Morgan fingerprint density at radius 1 is 1.00 bits per heavy atom. The van der Waals surface area contributed by atoms with Crippen molar-refractivity contribution in [2.75, 3.05) is 31.1 Å². The van der Waals surface area contributed by atoms with Gasteiger partial charge in [0.2, 0.25) is 5.91 Å². The minimum absolute atomic E-state index is 0.0315. The molecule has 25 heavy (non-hydrogen) atoms. The lowest BCUT2D eigenvalue weighted by Gasteiger charge is -2.44. The minimum Gasteiger partial charge on any atom is -0.314 e. The largest absolute Gasteiger partial charge is 0.314 e. The number of para-hydroxylation sites is 1. The third-order valence-corrected chi connectivity index (χ3v) is 5.21. The number of carbonyl (C=O) groups excluding carboxylic acids is 1. The van der Waals surface area contributed by atoms with Gasteiger partial charge < -0.3 is 5.32 Å². The molecule has 0 aliphatic carbocycles. The monoisotopic (exact) mass is 335 g/mol. The summed E-state index contributed by atoms with van der Waals surface area (Å²) in [6.45, 7) is 5.94. The van der Waals surface area contributed by atoms with Crippen LogP contribution in [0.25, 0.3) is 0 Å². The van der Waals surface area contributed by atoms with Crippen LogP contribution in [0.2, 0.25) is 0 Å². The molecule has 130 valence electrons. The van der Waals surface area contributed by atoms with E-state index in [4.69, 9.17) is 0 Å². The van der Waals surface area contributed by atoms with Crippen LogP contribution in [0.15, 0.2) is 48.5 Å². The van der Waals surface area contributed by atoms with Gasteiger partial charge in [-0.25, -0.2) is 0 Å². The maximum absolute atomic E-state index is 13.0. The van der Waals surface area contributed by atoms with Crippen molar-refractivity contribution in [2.45, 2.75) is 25.9 Å². The van der Waals surface area contributed by atoms with Crippen LogP contribution in [0.5, 0.6) is 0 Å². The van der Waals surface area contributed by atoms with Crippen molar-refractivity contribution in [1.82, 2.24) is 10.2 Å². The summed E-state index contributed by atoms with van der Waals surface area (Å²) in [5.41, 5.74) is 4.78. The third-order valence-electron chi connectivity index (χ3n) is 5.21. The van der Waals surface area contributed by atoms with Crippen molar-refractivity contribution in [2.24, 2.45) is 0 Å². The zero-order chi connectivity index (χ0) is 17.2. The number of fused-ring (bicyclic) bond motifs is 1. The number of amides is 1. The molecule has 0 aromatic heterocycles. The van der Waals surface area contributed by atoms with E-state index in [2.05, 4.69) is 59.6 Å². The van der Waals surface area contributed by atoms with Crippen molar-refractivity contribution in [3.63, 3.8) is 0 Å². The quantitative estimate of drug-likeness (QED) is 0.937. The standard InChI is InChI=1S/C21H25N3O/c1-16-5-4-7-18(15-16)21(23-13-11-22-12-14-23)24-19-8-3-2-6-17(19)9-10-20(24)25/h2-8,15,21-22H,9-14H2,1H3/t21-/m0/s1. The first-order chi connectivity index (χ1) is 12.2. The Morgan fingerprint density at radius 2 is 1.80 bits per heavy atom. The second kappa shape index (κ2) is 6.98. The Balaban J connectivity index is 1.81. The highest BCUT2D eigenvalue weighted by Gasteiger charge is 2.35. The van der Waals surface area contributed by atoms with Crippen LogP contribution in [0, 0.1) is 6.92 Å². The molecule has 0 bridgehead atoms. The van der Waals surface area contributed by atoms with E-state index >= 15 is 0 Å². The van der Waals surface area contributed by atoms with Gasteiger partial charge in [-0.05, 0) is 30.5 Å². The summed E-state index contributed by atoms with van der Waals surface area (Å²) >= 11 is 0. The van der Waals surface area contributed by atoms with Crippen LogP contribution in [0.3, 0.4) is 0 Å². The van der Waals surface area contributed by atoms with Crippen LogP contribution in [-0.2, 0) is 11.2 Å². The zero-order valence-corrected chi connectivity index (χ0v) is 14.7. The molecule has 2 aliphatic rings. The van der Waals surface area contributed by atoms with E-state index in [0.29, 0.717) is 6.42 Å². The molecule has 2 aromatic rings. The summed E-state index contributed by atoms with van der Waals surface area (Å²) in [5, 5.41) is 3.42. The van der Waals surface area contributed by atoms with Gasteiger partial charge in [-0.3, -0.25) is 14.6 Å². The lowest BCUT2D eigenvalue weighted by molar-refractivity contribution is -0.120. The average Bonchev–Trinajstić information content (AvgIpc) is 2.65. The van der Waals surface area contributed by atoms with Gasteiger partial charge in [-0.2, -0.15) is 0 Å². The molecule has 0 unspecified atom stereocenters. The van der Waals surface area contributed by atoms with Crippen molar-refractivity contribution in [1.29, 1.82) is 0 Å². The SMILES string of the molecule is Cc1cccc([C@@H](N2CCNCC2)N2C(=O)CCc3ccccc32)c1. The molecule has 1 fully saturated rings. The zero-order valence-electron chi connectivity index (χ0n) is 14.7. The Kier molecular flexibility index (Phi) is 4.55. The van der Waals surface area contributed by atoms with Crippen molar-refractivity contribution < 1.29 is 4.79 Å². The van der Waals surface area contributed by atoms with Gasteiger partial charge in [0.1, 0.15) is 6.17 Å². The molecule has 1 amide bonds. The Hall–Kier alpha value is -2.17. The molecule has 1 saturated heterocycles. The molecule has 4 nitrogen and oxygen atoms in total. The van der Waals surface area contributed by atoms with E-state index in [1.165, 1.54) is 16.7 Å². The molecule has 4 rings (SSSR count). The van der Waals surface area contributed by atoms with Gasteiger partial charge in [0.15, 0.2) is 0 Å². The van der Waals surface area contributed by atoms with Gasteiger partial charge in [0.05, 0.1) is 0 Å². The summed E-state index contributed by atoms with van der Waals surface area (Å²) in [6.07, 6.45) is 1.40. The molecule has 1 atom stereocenters. The number of hydrogen-bond donors (Lipinski definition) is 1. The van der Waals surface area contributed by atoms with Crippen LogP contribution in [0.1, 0.15) is 29.3 Å². The van der Waals surface area contributed by atoms with Gasteiger partial charge in [-0.1, -0.05) is 48.0 Å². The lowest BCUT2D eigenvalue weighted by Crippen LogP contribution is -2.52. The predicted octanol–water partition coefficient (Wildman–Crippen LogP) is 2.88. The highest BCUT2D eigenvalue weighted by atomic mass is 16.2. The first-order valence-corrected chi connectivity index (χ1v) is 9.15. The van der Waals surface area contributed by atoms with Crippen LogP contribution >= 0.6 is 0 Å². The smallest absolute Gasteiger partial charge is 0.228 e. The molecular formula is C21H25N3O. The summed E-state index contributed by atoms with van der Waals surface area (Å²) in [4.78, 5) is 17.5. The number of benzene rings is 2.